The number of hydrogen-bond acceptors (Lipinski definition) is 3. The van der Waals surface area contributed by atoms with Gasteiger partial charge in [-0.3, -0.25) is 0 Å². The van der Waals surface area contributed by atoms with Crippen LogP contribution in [0.15, 0.2) is 12.1 Å². The predicted octanol–water partition coefficient (Wildman–Crippen LogP) is 1.69. The van der Waals surface area contributed by atoms with E-state index in [4.69, 9.17) is 16.7 Å². The molecule has 2 atom stereocenters. The summed E-state index contributed by atoms with van der Waals surface area (Å²) in [7, 11) is 0. The number of alkyl halides is 1. The van der Waals surface area contributed by atoms with Gasteiger partial charge in [-0.15, -0.1) is 11.6 Å². The van der Waals surface area contributed by atoms with Crippen molar-refractivity contribution in [2.45, 2.75) is 18.6 Å². The topological polar surface area (TPSA) is 60.7 Å². The van der Waals surface area contributed by atoms with Crippen LogP contribution in [0.3, 0.4) is 0 Å². The second-order valence-corrected chi connectivity index (χ2v) is 3.69. The van der Waals surface area contributed by atoms with Crippen LogP contribution in [0.1, 0.15) is 18.1 Å². The maximum Gasteiger partial charge on any atom is 0.135 e. The van der Waals surface area contributed by atoms with Gasteiger partial charge in [0.2, 0.25) is 0 Å². The Bertz CT molecular complexity index is 350. The molecule has 1 rings (SSSR count). The zero-order chi connectivity index (χ0) is 12.3. The first-order chi connectivity index (χ1) is 7.47. The molecule has 0 aliphatic rings. The van der Waals surface area contributed by atoms with Gasteiger partial charge in [-0.1, -0.05) is 0 Å². The van der Waals surface area contributed by atoms with Gasteiger partial charge >= 0.3 is 0 Å². The fourth-order valence-corrected chi connectivity index (χ4v) is 1.54. The highest BCUT2D eigenvalue weighted by Crippen LogP contribution is 2.28. The van der Waals surface area contributed by atoms with Crippen LogP contribution < -0.4 is 0 Å². The summed E-state index contributed by atoms with van der Waals surface area (Å²) in [6.07, 6.45) is -3.06. The van der Waals surface area contributed by atoms with E-state index in [1.807, 2.05) is 0 Å². The second-order valence-electron chi connectivity index (χ2n) is 3.31. The Morgan fingerprint density at radius 1 is 1.19 bits per heavy atom. The molecule has 2 unspecified atom stereocenters. The smallest absolute Gasteiger partial charge is 0.135 e. The van der Waals surface area contributed by atoms with Crippen LogP contribution in [-0.4, -0.2) is 27.3 Å². The normalized spacial score (nSPS) is 14.8. The lowest BCUT2D eigenvalue weighted by molar-refractivity contribution is 0.0126. The molecule has 0 spiro atoms. The molecule has 0 saturated heterocycles. The van der Waals surface area contributed by atoms with Crippen LogP contribution in [0.5, 0.6) is 5.75 Å². The Morgan fingerprint density at radius 2 is 1.69 bits per heavy atom. The lowest BCUT2D eigenvalue weighted by atomic mass is 10.0. The van der Waals surface area contributed by atoms with Crippen LogP contribution >= 0.6 is 11.6 Å². The molecule has 6 heteroatoms. The lowest BCUT2D eigenvalue weighted by Gasteiger charge is -2.18. The molecular formula is C10H11ClF2O3. The molecule has 0 radical (unpaired) electrons. The van der Waals surface area contributed by atoms with Gasteiger partial charge in [0, 0.05) is 18.0 Å². The Labute approximate surface area is 95.9 Å². The summed E-state index contributed by atoms with van der Waals surface area (Å²) in [5.41, 5.74) is -0.671. The molecular weight excluding hydrogens is 242 g/mol. The minimum atomic E-state index is -1.71. The summed E-state index contributed by atoms with van der Waals surface area (Å²) in [4.78, 5) is 0. The minimum absolute atomic E-state index is 0.00246. The number of phenolic OH excluding ortho intramolecular Hbond substituents is 1. The molecule has 0 bridgehead atoms. The van der Waals surface area contributed by atoms with Crippen LogP contribution in [0.25, 0.3) is 0 Å². The van der Waals surface area contributed by atoms with Crippen molar-refractivity contribution in [2.24, 2.45) is 0 Å². The molecule has 0 aromatic heterocycles. The van der Waals surface area contributed by atoms with Gasteiger partial charge in [-0.2, -0.15) is 0 Å². The van der Waals surface area contributed by atoms with Gasteiger partial charge in [0.25, 0.3) is 0 Å². The number of aliphatic hydroxyl groups excluding tert-OH is 2. The van der Waals surface area contributed by atoms with E-state index in [0.717, 1.165) is 0 Å². The molecule has 0 heterocycles. The van der Waals surface area contributed by atoms with Crippen molar-refractivity contribution < 1.29 is 24.1 Å². The van der Waals surface area contributed by atoms with Crippen molar-refractivity contribution in [1.82, 2.24) is 0 Å². The highest BCUT2D eigenvalue weighted by atomic mass is 35.5. The summed E-state index contributed by atoms with van der Waals surface area (Å²) in [6, 6.07) is 1.32. The quantitative estimate of drug-likeness (QED) is 0.715. The number of hydrogen-bond donors (Lipinski definition) is 3. The molecule has 3 nitrogen and oxygen atoms in total. The number of halogens is 3. The maximum atomic E-state index is 13.3. The molecule has 0 fully saturated rings. The Hall–Kier alpha value is -0.910. The van der Waals surface area contributed by atoms with Crippen LogP contribution in [0.4, 0.5) is 8.78 Å². The highest BCUT2D eigenvalue weighted by molar-refractivity contribution is 6.17. The first-order valence-electron chi connectivity index (χ1n) is 4.57. The van der Waals surface area contributed by atoms with Crippen LogP contribution in [0, 0.1) is 11.6 Å². The van der Waals surface area contributed by atoms with E-state index in [-0.39, 0.29) is 12.3 Å². The van der Waals surface area contributed by atoms with Crippen molar-refractivity contribution in [3.05, 3.63) is 29.3 Å². The standard InChI is InChI=1S/C10H11ClF2O3/c11-2-1-8(15)10(16)9-6(12)3-5(14)4-7(9)13/h3-4,8,10,14-16H,1-2H2. The SMILES string of the molecule is Oc1cc(F)c(C(O)C(O)CCCl)c(F)c1. The van der Waals surface area contributed by atoms with Crippen molar-refractivity contribution in [3.8, 4) is 5.75 Å². The van der Waals surface area contributed by atoms with E-state index in [1.54, 1.807) is 0 Å². The van der Waals surface area contributed by atoms with Crippen molar-refractivity contribution in [1.29, 1.82) is 0 Å². The van der Waals surface area contributed by atoms with E-state index in [9.17, 15) is 19.0 Å². The van der Waals surface area contributed by atoms with Crippen LogP contribution in [-0.2, 0) is 0 Å². The van der Waals surface area contributed by atoms with E-state index < -0.39 is 35.2 Å². The predicted molar refractivity (Wildman–Crippen MR) is 54.3 cm³/mol. The van der Waals surface area contributed by atoms with E-state index in [1.165, 1.54) is 0 Å². The zero-order valence-corrected chi connectivity index (χ0v) is 8.96. The number of aliphatic hydroxyl groups is 2. The summed E-state index contributed by atoms with van der Waals surface area (Å²) < 4.78 is 26.5. The van der Waals surface area contributed by atoms with Gasteiger partial charge in [-0.05, 0) is 6.42 Å². The fraction of sp³-hybridized carbons (Fsp3) is 0.400. The fourth-order valence-electron chi connectivity index (χ4n) is 1.32. The molecule has 0 aliphatic carbocycles. The number of rotatable bonds is 4. The van der Waals surface area contributed by atoms with Gasteiger partial charge in [0.05, 0.1) is 11.7 Å². The van der Waals surface area contributed by atoms with Crippen molar-refractivity contribution in [2.75, 3.05) is 5.88 Å². The van der Waals surface area contributed by atoms with Gasteiger partial charge in [-0.25, -0.2) is 8.78 Å². The van der Waals surface area contributed by atoms with Crippen molar-refractivity contribution >= 4 is 11.6 Å². The van der Waals surface area contributed by atoms with Gasteiger partial charge in [0.15, 0.2) is 0 Å². The Morgan fingerprint density at radius 3 is 2.12 bits per heavy atom. The molecule has 0 saturated carbocycles. The first-order valence-corrected chi connectivity index (χ1v) is 5.10. The third-order valence-electron chi connectivity index (χ3n) is 2.13. The average Bonchev–Trinajstić information content (AvgIpc) is 2.16. The molecule has 16 heavy (non-hydrogen) atoms. The molecule has 0 aliphatic heterocycles. The summed E-state index contributed by atoms with van der Waals surface area (Å²) in [6.45, 7) is 0. The summed E-state index contributed by atoms with van der Waals surface area (Å²) in [5, 5.41) is 27.8. The second kappa shape index (κ2) is 5.43. The van der Waals surface area contributed by atoms with Crippen molar-refractivity contribution in [3.63, 3.8) is 0 Å². The molecule has 3 N–H and O–H groups in total. The van der Waals surface area contributed by atoms with E-state index >= 15 is 0 Å². The number of aromatic hydroxyl groups is 1. The number of benzene rings is 1. The molecule has 0 amide bonds. The molecule has 1 aromatic carbocycles. The monoisotopic (exact) mass is 252 g/mol. The first kappa shape index (κ1) is 13.2. The summed E-state index contributed by atoms with van der Waals surface area (Å²) in [5.74, 6) is -2.76. The largest absolute Gasteiger partial charge is 0.508 e. The average molecular weight is 253 g/mol. The van der Waals surface area contributed by atoms with Gasteiger partial charge < -0.3 is 15.3 Å². The molecule has 90 valence electrons. The maximum absolute atomic E-state index is 13.3. The summed E-state index contributed by atoms with van der Waals surface area (Å²) >= 11 is 5.33. The van der Waals surface area contributed by atoms with E-state index in [0.29, 0.717) is 12.1 Å². The Kier molecular flexibility index (Phi) is 4.46. The molecule has 1 aromatic rings. The van der Waals surface area contributed by atoms with Crippen LogP contribution in [0.2, 0.25) is 0 Å². The third-order valence-corrected chi connectivity index (χ3v) is 2.35. The Balaban J connectivity index is 3.03. The van der Waals surface area contributed by atoms with Gasteiger partial charge in [0.1, 0.15) is 23.5 Å². The minimum Gasteiger partial charge on any atom is -0.508 e. The highest BCUT2D eigenvalue weighted by Gasteiger charge is 2.25. The van der Waals surface area contributed by atoms with E-state index in [2.05, 4.69) is 0 Å². The lowest BCUT2D eigenvalue weighted by Crippen LogP contribution is -2.21. The zero-order valence-electron chi connectivity index (χ0n) is 8.20. The third kappa shape index (κ3) is 2.81. The number of phenols is 1.